The van der Waals surface area contributed by atoms with E-state index in [4.69, 9.17) is 21.1 Å². The molecule has 1 saturated carbocycles. The van der Waals surface area contributed by atoms with Crippen molar-refractivity contribution in [2.75, 3.05) is 19.8 Å². The minimum atomic E-state index is 0.0611. The minimum absolute atomic E-state index is 0.0611. The molecule has 1 saturated heterocycles. The van der Waals surface area contributed by atoms with Gasteiger partial charge in [-0.3, -0.25) is 0 Å². The van der Waals surface area contributed by atoms with Gasteiger partial charge in [-0.2, -0.15) is 0 Å². The highest BCUT2D eigenvalue weighted by Crippen LogP contribution is 2.26. The van der Waals surface area contributed by atoms with Crippen LogP contribution in [0.3, 0.4) is 0 Å². The van der Waals surface area contributed by atoms with Crippen molar-refractivity contribution in [3.05, 3.63) is 34.9 Å². The summed E-state index contributed by atoms with van der Waals surface area (Å²) in [7, 11) is 0. The van der Waals surface area contributed by atoms with Crippen LogP contribution in [0.4, 0.5) is 0 Å². The fourth-order valence-electron chi connectivity index (χ4n) is 2.37. The molecule has 0 aromatic heterocycles. The third-order valence-electron chi connectivity index (χ3n) is 3.63. The Kier molecular flexibility index (Phi) is 4.38. The maximum absolute atomic E-state index is 6.18. The predicted molar refractivity (Wildman–Crippen MR) is 75.5 cm³/mol. The van der Waals surface area contributed by atoms with Crippen LogP contribution in [0.5, 0.6) is 0 Å². The van der Waals surface area contributed by atoms with E-state index in [0.29, 0.717) is 12.6 Å². The molecule has 1 aliphatic heterocycles. The normalized spacial score (nSPS) is 24.6. The first-order valence-electron chi connectivity index (χ1n) is 7.03. The molecule has 1 aromatic carbocycles. The lowest BCUT2D eigenvalue weighted by Gasteiger charge is -2.22. The lowest BCUT2D eigenvalue weighted by atomic mass is 10.1. The maximum atomic E-state index is 6.18. The van der Waals surface area contributed by atoms with Gasteiger partial charge in [0.1, 0.15) is 0 Å². The maximum Gasteiger partial charge on any atom is 0.0954 e. The van der Waals surface area contributed by atoms with Crippen LogP contribution in [0.15, 0.2) is 24.3 Å². The highest BCUT2D eigenvalue weighted by Gasteiger charge is 2.26. The van der Waals surface area contributed by atoms with Gasteiger partial charge in [0.05, 0.1) is 18.8 Å². The third-order valence-corrected chi connectivity index (χ3v) is 3.87. The van der Waals surface area contributed by atoms with Crippen molar-refractivity contribution in [2.24, 2.45) is 0 Å². The molecule has 3 nitrogen and oxygen atoms in total. The van der Waals surface area contributed by atoms with Gasteiger partial charge in [0.2, 0.25) is 0 Å². The first-order chi connectivity index (χ1) is 9.31. The second kappa shape index (κ2) is 6.23. The van der Waals surface area contributed by atoms with E-state index in [1.165, 1.54) is 12.8 Å². The van der Waals surface area contributed by atoms with Gasteiger partial charge in [0.25, 0.3) is 0 Å². The number of hydrogen-bond donors (Lipinski definition) is 1. The Morgan fingerprint density at radius 3 is 2.95 bits per heavy atom. The summed E-state index contributed by atoms with van der Waals surface area (Å²) in [6.07, 6.45) is 3.83. The molecule has 0 amide bonds. The third kappa shape index (κ3) is 3.93. The molecule has 3 rings (SSSR count). The quantitative estimate of drug-likeness (QED) is 0.870. The van der Waals surface area contributed by atoms with E-state index in [-0.39, 0.29) is 12.2 Å². The van der Waals surface area contributed by atoms with E-state index in [9.17, 15) is 0 Å². The van der Waals surface area contributed by atoms with Crippen molar-refractivity contribution in [3.8, 4) is 0 Å². The van der Waals surface area contributed by atoms with Gasteiger partial charge in [-0.15, -0.1) is 0 Å². The average molecular weight is 282 g/mol. The predicted octanol–water partition coefficient (Wildman–Crippen LogP) is 2.94. The van der Waals surface area contributed by atoms with Crippen molar-refractivity contribution in [3.63, 3.8) is 0 Å². The molecule has 2 aliphatic rings. The van der Waals surface area contributed by atoms with Crippen LogP contribution < -0.4 is 5.32 Å². The van der Waals surface area contributed by atoms with E-state index in [1.807, 2.05) is 18.2 Å². The molecule has 0 radical (unpaired) electrons. The SMILES string of the molecule is Clc1cccc(C(CNC2CC2)OC2CCOC2)c1. The summed E-state index contributed by atoms with van der Waals surface area (Å²) in [6.45, 7) is 2.37. The number of ether oxygens (including phenoxy) is 2. The first kappa shape index (κ1) is 13.4. The summed E-state index contributed by atoms with van der Waals surface area (Å²) in [5.74, 6) is 0. The molecule has 104 valence electrons. The van der Waals surface area contributed by atoms with Gasteiger partial charge in [-0.25, -0.2) is 0 Å². The van der Waals surface area contributed by atoms with Crippen molar-refractivity contribution in [2.45, 2.75) is 37.5 Å². The molecule has 2 fully saturated rings. The van der Waals surface area contributed by atoms with Crippen molar-refractivity contribution < 1.29 is 9.47 Å². The van der Waals surface area contributed by atoms with Crippen LogP contribution in [0.25, 0.3) is 0 Å². The minimum Gasteiger partial charge on any atom is -0.379 e. The zero-order valence-corrected chi connectivity index (χ0v) is 11.7. The zero-order chi connectivity index (χ0) is 13.1. The summed E-state index contributed by atoms with van der Waals surface area (Å²) >= 11 is 6.08. The largest absolute Gasteiger partial charge is 0.379 e. The Morgan fingerprint density at radius 2 is 2.26 bits per heavy atom. The van der Waals surface area contributed by atoms with Crippen LogP contribution in [-0.4, -0.2) is 31.9 Å². The molecule has 19 heavy (non-hydrogen) atoms. The molecule has 1 heterocycles. The standard InChI is InChI=1S/C15H20ClNO2/c16-12-3-1-2-11(8-12)15(9-17-13-4-5-13)19-14-6-7-18-10-14/h1-3,8,13-15,17H,4-7,9-10H2. The van der Waals surface area contributed by atoms with Gasteiger partial charge in [0, 0.05) is 24.2 Å². The van der Waals surface area contributed by atoms with E-state index < -0.39 is 0 Å². The van der Waals surface area contributed by atoms with Gasteiger partial charge >= 0.3 is 0 Å². The Balaban J connectivity index is 1.66. The molecule has 1 aliphatic carbocycles. The van der Waals surface area contributed by atoms with Crippen LogP contribution in [0.2, 0.25) is 5.02 Å². The second-order valence-electron chi connectivity index (χ2n) is 5.35. The number of halogens is 1. The Labute approximate surface area is 119 Å². The fourth-order valence-corrected chi connectivity index (χ4v) is 2.56. The monoisotopic (exact) mass is 281 g/mol. The van der Waals surface area contributed by atoms with Gasteiger partial charge in [-0.1, -0.05) is 23.7 Å². The summed E-state index contributed by atoms with van der Waals surface area (Å²) in [5, 5.41) is 4.30. The molecular weight excluding hydrogens is 262 g/mol. The molecule has 1 aromatic rings. The highest BCUT2D eigenvalue weighted by molar-refractivity contribution is 6.30. The van der Waals surface area contributed by atoms with Gasteiger partial charge in [0.15, 0.2) is 0 Å². The zero-order valence-electron chi connectivity index (χ0n) is 11.0. The Morgan fingerprint density at radius 1 is 1.37 bits per heavy atom. The lowest BCUT2D eigenvalue weighted by Crippen LogP contribution is -2.28. The number of rotatable bonds is 6. The van der Waals surface area contributed by atoms with Crippen molar-refractivity contribution in [1.82, 2.24) is 5.32 Å². The van der Waals surface area contributed by atoms with E-state index >= 15 is 0 Å². The molecule has 0 spiro atoms. The van der Waals surface area contributed by atoms with Crippen LogP contribution >= 0.6 is 11.6 Å². The van der Waals surface area contributed by atoms with Crippen LogP contribution in [-0.2, 0) is 9.47 Å². The number of nitrogens with one attached hydrogen (secondary N) is 1. The van der Waals surface area contributed by atoms with Crippen molar-refractivity contribution in [1.29, 1.82) is 0 Å². The topological polar surface area (TPSA) is 30.5 Å². The highest BCUT2D eigenvalue weighted by atomic mass is 35.5. The summed E-state index contributed by atoms with van der Waals surface area (Å²) in [4.78, 5) is 0. The fraction of sp³-hybridized carbons (Fsp3) is 0.600. The van der Waals surface area contributed by atoms with Crippen molar-refractivity contribution >= 4 is 11.6 Å². The first-order valence-corrected chi connectivity index (χ1v) is 7.41. The number of benzene rings is 1. The lowest BCUT2D eigenvalue weighted by molar-refractivity contribution is -0.0166. The number of hydrogen-bond acceptors (Lipinski definition) is 3. The van der Waals surface area contributed by atoms with E-state index in [2.05, 4.69) is 11.4 Å². The van der Waals surface area contributed by atoms with Crippen LogP contribution in [0.1, 0.15) is 30.9 Å². The average Bonchev–Trinajstić information content (AvgIpc) is 3.10. The molecule has 0 bridgehead atoms. The molecule has 4 heteroatoms. The molecule has 1 N–H and O–H groups in total. The van der Waals surface area contributed by atoms with Crippen LogP contribution in [0, 0.1) is 0 Å². The van der Waals surface area contributed by atoms with E-state index in [0.717, 1.165) is 30.2 Å². The Bertz CT molecular complexity index is 416. The summed E-state index contributed by atoms with van der Waals surface area (Å²) < 4.78 is 11.6. The summed E-state index contributed by atoms with van der Waals surface area (Å²) in [6, 6.07) is 8.65. The smallest absolute Gasteiger partial charge is 0.0954 e. The molecule has 2 unspecified atom stereocenters. The summed E-state index contributed by atoms with van der Waals surface area (Å²) in [5.41, 5.74) is 1.15. The molecular formula is C15H20ClNO2. The van der Waals surface area contributed by atoms with Gasteiger partial charge in [-0.05, 0) is 37.0 Å². The second-order valence-corrected chi connectivity index (χ2v) is 5.78. The van der Waals surface area contributed by atoms with E-state index in [1.54, 1.807) is 0 Å². The Hall–Kier alpha value is -0.610. The van der Waals surface area contributed by atoms with Gasteiger partial charge < -0.3 is 14.8 Å². The molecule has 2 atom stereocenters.